The number of halogens is 1. The van der Waals surface area contributed by atoms with E-state index in [2.05, 4.69) is 48.0 Å². The van der Waals surface area contributed by atoms with Gasteiger partial charge in [-0.1, -0.05) is 61.8 Å². The average molecular weight is 589 g/mol. The van der Waals surface area contributed by atoms with E-state index in [1.807, 2.05) is 29.2 Å². The first kappa shape index (κ1) is 29.9. The zero-order valence-corrected chi connectivity index (χ0v) is 25.8. The summed E-state index contributed by atoms with van der Waals surface area (Å²) < 4.78 is 11.0. The highest BCUT2D eigenvalue weighted by molar-refractivity contribution is 6.35. The van der Waals surface area contributed by atoms with Crippen LogP contribution in [0.4, 0.5) is 0 Å². The number of nitrogens with one attached hydrogen (secondary N) is 1. The van der Waals surface area contributed by atoms with E-state index < -0.39 is 0 Å². The number of methoxy groups -OCH3 is 2. The van der Waals surface area contributed by atoms with Crippen molar-refractivity contribution in [3.05, 3.63) is 88.2 Å². The average Bonchev–Trinajstić information content (AvgIpc) is 3.67. The van der Waals surface area contributed by atoms with Gasteiger partial charge < -0.3 is 19.4 Å². The number of H-pyrrole nitrogens is 1. The molecule has 0 saturated carbocycles. The van der Waals surface area contributed by atoms with Crippen molar-refractivity contribution in [1.82, 2.24) is 19.8 Å². The molecule has 8 heteroatoms. The molecule has 7 nitrogen and oxygen atoms in total. The number of fused-ring (bicyclic) bond motifs is 1. The van der Waals surface area contributed by atoms with Crippen LogP contribution >= 0.6 is 11.6 Å². The van der Waals surface area contributed by atoms with Crippen LogP contribution in [0.1, 0.15) is 66.5 Å². The fourth-order valence-electron chi connectivity index (χ4n) is 5.79. The number of rotatable bonds is 12. The summed E-state index contributed by atoms with van der Waals surface area (Å²) in [6.45, 7) is 8.05. The van der Waals surface area contributed by atoms with Gasteiger partial charge in [0.2, 0.25) is 0 Å². The Bertz CT molecular complexity index is 1480. The van der Waals surface area contributed by atoms with E-state index in [9.17, 15) is 4.79 Å². The van der Waals surface area contributed by atoms with Gasteiger partial charge in [-0.15, -0.1) is 0 Å². The van der Waals surface area contributed by atoms with Crippen molar-refractivity contribution in [3.8, 4) is 11.5 Å². The maximum absolute atomic E-state index is 14.5. The molecule has 0 spiro atoms. The first-order valence-corrected chi connectivity index (χ1v) is 15.2. The Balaban J connectivity index is 1.60. The molecule has 1 aliphatic heterocycles. The maximum atomic E-state index is 14.5. The first-order chi connectivity index (χ1) is 20.4. The number of hydrogen-bond acceptors (Lipinski definition) is 5. The number of likely N-dealkylation sites (tertiary alicyclic amines) is 1. The normalized spacial score (nSPS) is 14.4. The van der Waals surface area contributed by atoms with Crippen molar-refractivity contribution < 1.29 is 14.3 Å². The highest BCUT2D eigenvalue weighted by Crippen LogP contribution is 2.39. The van der Waals surface area contributed by atoms with E-state index in [4.69, 9.17) is 26.1 Å². The SMILES string of the molecule is COc1ccc(C(=O)N(CCC(C)C)C(Cc2ccccc2CN2CCCC2)c2nc3ccccc3[nH]2)c(Cl)c1OC. The van der Waals surface area contributed by atoms with Crippen molar-refractivity contribution in [3.63, 3.8) is 0 Å². The lowest BCUT2D eigenvalue weighted by atomic mass is 9.97. The standard InChI is InChI=1S/C34H41ClN4O3/c1-23(2)17-20-39(34(40)26-15-16-30(41-3)32(42-4)31(26)35)29(33-36-27-13-7-8-14-28(27)37-33)21-24-11-5-6-12-25(24)22-38-18-9-10-19-38/h5-8,11-16,23,29H,9-10,17-22H2,1-4H3,(H,36,37). The number of aromatic amines is 1. The van der Waals surface area contributed by atoms with Crippen LogP contribution in [0.25, 0.3) is 11.0 Å². The molecule has 0 radical (unpaired) electrons. The van der Waals surface area contributed by atoms with E-state index in [0.717, 1.165) is 42.9 Å². The van der Waals surface area contributed by atoms with Gasteiger partial charge in [-0.05, 0) is 73.7 Å². The molecule has 1 N–H and O–H groups in total. The van der Waals surface area contributed by atoms with Crippen molar-refractivity contribution in [2.24, 2.45) is 5.92 Å². The second kappa shape index (κ2) is 13.6. The summed E-state index contributed by atoms with van der Waals surface area (Å²) >= 11 is 6.81. The van der Waals surface area contributed by atoms with Crippen LogP contribution in [0, 0.1) is 5.92 Å². The minimum absolute atomic E-state index is 0.163. The Kier molecular flexibility index (Phi) is 9.70. The van der Waals surface area contributed by atoms with Gasteiger partial charge in [-0.25, -0.2) is 4.98 Å². The van der Waals surface area contributed by atoms with Gasteiger partial charge in [0, 0.05) is 19.5 Å². The van der Waals surface area contributed by atoms with Crippen LogP contribution < -0.4 is 9.47 Å². The summed E-state index contributed by atoms with van der Waals surface area (Å²) in [5.41, 5.74) is 4.72. The second-order valence-corrected chi connectivity index (χ2v) is 11.8. The summed E-state index contributed by atoms with van der Waals surface area (Å²) in [6.07, 6.45) is 3.95. The molecule has 0 aliphatic carbocycles. The highest BCUT2D eigenvalue weighted by atomic mass is 35.5. The lowest BCUT2D eigenvalue weighted by molar-refractivity contribution is 0.0656. The number of benzene rings is 3. The van der Waals surface area contributed by atoms with E-state index in [1.54, 1.807) is 19.2 Å². The van der Waals surface area contributed by atoms with Crippen molar-refractivity contribution in [1.29, 1.82) is 0 Å². The largest absolute Gasteiger partial charge is 0.493 e. The van der Waals surface area contributed by atoms with Crippen LogP contribution in [-0.4, -0.2) is 59.5 Å². The molecule has 1 aliphatic rings. The number of nitrogens with zero attached hydrogens (tertiary/aromatic N) is 3. The molecule has 222 valence electrons. The van der Waals surface area contributed by atoms with Crippen LogP contribution in [-0.2, 0) is 13.0 Å². The van der Waals surface area contributed by atoms with Crippen LogP contribution in [0.3, 0.4) is 0 Å². The molecule has 42 heavy (non-hydrogen) atoms. The summed E-state index contributed by atoms with van der Waals surface area (Å²) in [5, 5.41) is 0.245. The number of aromatic nitrogens is 2. The molecule has 1 saturated heterocycles. The van der Waals surface area contributed by atoms with E-state index in [1.165, 1.54) is 31.1 Å². The molecular formula is C34H41ClN4O3. The molecule has 4 aromatic rings. The smallest absolute Gasteiger partial charge is 0.256 e. The predicted molar refractivity (Wildman–Crippen MR) is 169 cm³/mol. The third kappa shape index (κ3) is 6.58. The van der Waals surface area contributed by atoms with Gasteiger partial charge in [0.15, 0.2) is 11.5 Å². The Morgan fingerprint density at radius 3 is 2.40 bits per heavy atom. The van der Waals surface area contributed by atoms with Crippen LogP contribution in [0.15, 0.2) is 60.7 Å². The molecule has 1 atom stereocenters. The fraction of sp³-hybridized carbons (Fsp3) is 0.412. The first-order valence-electron chi connectivity index (χ1n) is 14.8. The lowest BCUT2D eigenvalue weighted by Crippen LogP contribution is -2.38. The third-order valence-electron chi connectivity index (χ3n) is 8.15. The number of carbonyl (C=O) groups excluding carboxylic acids is 1. The second-order valence-electron chi connectivity index (χ2n) is 11.5. The zero-order chi connectivity index (χ0) is 29.6. The summed E-state index contributed by atoms with van der Waals surface area (Å²) in [7, 11) is 3.09. The Morgan fingerprint density at radius 1 is 1.00 bits per heavy atom. The van der Waals surface area contributed by atoms with E-state index in [0.29, 0.717) is 35.9 Å². The monoisotopic (exact) mass is 588 g/mol. The molecular weight excluding hydrogens is 548 g/mol. The number of imidazole rings is 1. The maximum Gasteiger partial charge on any atom is 0.256 e. The van der Waals surface area contributed by atoms with Crippen molar-refractivity contribution in [2.75, 3.05) is 33.9 Å². The molecule has 3 aromatic carbocycles. The predicted octanol–water partition coefficient (Wildman–Crippen LogP) is 7.30. The van der Waals surface area contributed by atoms with Gasteiger partial charge in [-0.3, -0.25) is 9.69 Å². The van der Waals surface area contributed by atoms with Crippen molar-refractivity contribution >= 4 is 28.5 Å². The molecule has 2 heterocycles. The zero-order valence-electron chi connectivity index (χ0n) is 25.0. The quantitative estimate of drug-likeness (QED) is 0.188. The van der Waals surface area contributed by atoms with Crippen LogP contribution in [0.2, 0.25) is 5.02 Å². The summed E-state index contributed by atoms with van der Waals surface area (Å²) in [5.74, 6) is 1.84. The van der Waals surface area contributed by atoms with Gasteiger partial charge in [0.05, 0.1) is 41.9 Å². The number of amides is 1. The number of para-hydroxylation sites is 2. The Morgan fingerprint density at radius 2 is 1.71 bits per heavy atom. The molecule has 1 unspecified atom stereocenters. The Labute approximate surface area is 253 Å². The molecule has 5 rings (SSSR count). The highest BCUT2D eigenvalue weighted by Gasteiger charge is 2.32. The fourth-order valence-corrected chi connectivity index (χ4v) is 6.11. The molecule has 1 aromatic heterocycles. The van der Waals surface area contributed by atoms with Crippen molar-refractivity contribution in [2.45, 2.75) is 52.1 Å². The minimum atomic E-state index is -0.340. The lowest BCUT2D eigenvalue weighted by Gasteiger charge is -2.33. The molecule has 0 bridgehead atoms. The number of ether oxygens (including phenoxy) is 2. The topological polar surface area (TPSA) is 70.7 Å². The minimum Gasteiger partial charge on any atom is -0.493 e. The van der Waals surface area contributed by atoms with E-state index >= 15 is 0 Å². The van der Waals surface area contributed by atoms with E-state index in [-0.39, 0.29) is 17.0 Å². The molecule has 1 amide bonds. The summed E-state index contributed by atoms with van der Waals surface area (Å²) in [4.78, 5) is 27.5. The Hall–Kier alpha value is -3.55. The molecule has 1 fully saturated rings. The third-order valence-corrected chi connectivity index (χ3v) is 8.52. The van der Waals surface area contributed by atoms with Gasteiger partial charge >= 0.3 is 0 Å². The summed E-state index contributed by atoms with van der Waals surface area (Å²) in [6, 6.07) is 19.7. The number of carbonyl (C=O) groups is 1. The number of hydrogen-bond donors (Lipinski definition) is 1. The van der Waals surface area contributed by atoms with Crippen LogP contribution in [0.5, 0.6) is 11.5 Å². The van der Waals surface area contributed by atoms with Gasteiger partial charge in [0.1, 0.15) is 5.82 Å². The van der Waals surface area contributed by atoms with Gasteiger partial charge in [0.25, 0.3) is 5.91 Å². The van der Waals surface area contributed by atoms with Gasteiger partial charge in [-0.2, -0.15) is 0 Å².